The van der Waals surface area contributed by atoms with Gasteiger partial charge in [-0.05, 0) is 33.6 Å². The van der Waals surface area contributed by atoms with E-state index in [1.165, 1.54) is 0 Å². The zero-order valence-corrected chi connectivity index (χ0v) is 9.52. The Morgan fingerprint density at radius 2 is 1.92 bits per heavy atom. The summed E-state index contributed by atoms with van der Waals surface area (Å²) in [5.41, 5.74) is -0.331. The number of carbonyl (C=O) groups is 1. The Bertz CT molecular complexity index is 161. The van der Waals surface area contributed by atoms with Crippen molar-refractivity contribution in [2.24, 2.45) is 5.41 Å². The lowest BCUT2D eigenvalue weighted by molar-refractivity contribution is -0.159. The third-order valence-corrected chi connectivity index (χ3v) is 2.44. The van der Waals surface area contributed by atoms with Crippen molar-refractivity contribution in [3.63, 3.8) is 0 Å². The Balaban J connectivity index is 3.99. The maximum atomic E-state index is 11.6. The first-order chi connectivity index (χ1) is 5.94. The van der Waals surface area contributed by atoms with Crippen molar-refractivity contribution in [1.29, 1.82) is 0 Å². The molecule has 0 bridgehead atoms. The maximum absolute atomic E-state index is 11.6. The Kier molecular flexibility index (Phi) is 5.04. The molecule has 0 aromatic rings. The van der Waals surface area contributed by atoms with Crippen molar-refractivity contribution in [2.75, 3.05) is 0 Å². The van der Waals surface area contributed by atoms with E-state index in [1.807, 2.05) is 27.7 Å². The summed E-state index contributed by atoms with van der Waals surface area (Å²) in [6.45, 7) is 9.90. The molecule has 0 aromatic heterocycles. The summed E-state index contributed by atoms with van der Waals surface area (Å²) in [7, 11) is 0. The fourth-order valence-electron chi connectivity index (χ4n) is 0.952. The molecule has 0 radical (unpaired) electrons. The smallest absolute Gasteiger partial charge is 0.311 e. The Morgan fingerprint density at radius 1 is 1.38 bits per heavy atom. The fraction of sp³-hybridized carbons (Fsp3) is 0.909. The van der Waals surface area contributed by atoms with Crippen LogP contribution in [-0.4, -0.2) is 12.1 Å². The van der Waals surface area contributed by atoms with Crippen LogP contribution in [0, 0.1) is 5.41 Å². The van der Waals surface area contributed by atoms with E-state index >= 15 is 0 Å². The van der Waals surface area contributed by atoms with Gasteiger partial charge in [-0.25, -0.2) is 0 Å². The van der Waals surface area contributed by atoms with Gasteiger partial charge in [0.1, 0.15) is 0 Å². The number of carbonyl (C=O) groups excluding carboxylic acids is 1. The van der Waals surface area contributed by atoms with Gasteiger partial charge in [0.25, 0.3) is 0 Å². The predicted octanol–water partition coefficient (Wildman–Crippen LogP) is 3.15. The van der Waals surface area contributed by atoms with E-state index in [1.54, 1.807) is 0 Å². The Hall–Kier alpha value is -0.530. The average molecular weight is 186 g/mol. The lowest BCUT2D eigenvalue weighted by atomic mass is 9.90. The minimum Gasteiger partial charge on any atom is -0.462 e. The molecule has 0 heterocycles. The molecule has 0 aromatic carbocycles. The molecule has 1 atom stereocenters. The zero-order chi connectivity index (χ0) is 10.5. The second-order valence-corrected chi connectivity index (χ2v) is 4.24. The van der Waals surface area contributed by atoms with Crippen molar-refractivity contribution in [3.05, 3.63) is 0 Å². The summed E-state index contributed by atoms with van der Waals surface area (Å²) in [4.78, 5) is 11.6. The molecule has 0 rings (SSSR count). The summed E-state index contributed by atoms with van der Waals surface area (Å²) in [5, 5.41) is 0. The van der Waals surface area contributed by atoms with E-state index in [9.17, 15) is 4.79 Å². The molecule has 0 aliphatic rings. The molecule has 0 aliphatic carbocycles. The molecule has 0 aliphatic heterocycles. The van der Waals surface area contributed by atoms with Crippen LogP contribution in [0.2, 0.25) is 0 Å². The summed E-state index contributed by atoms with van der Waals surface area (Å²) in [6.07, 6.45) is 2.89. The van der Waals surface area contributed by atoms with Gasteiger partial charge in [-0.15, -0.1) is 0 Å². The van der Waals surface area contributed by atoms with Gasteiger partial charge in [0, 0.05) is 0 Å². The van der Waals surface area contributed by atoms with Gasteiger partial charge in [-0.3, -0.25) is 4.79 Å². The first-order valence-electron chi connectivity index (χ1n) is 5.15. The predicted molar refractivity (Wildman–Crippen MR) is 54.5 cm³/mol. The van der Waals surface area contributed by atoms with Crippen LogP contribution < -0.4 is 0 Å². The van der Waals surface area contributed by atoms with E-state index in [0.29, 0.717) is 0 Å². The molecule has 0 N–H and O–H groups in total. The Morgan fingerprint density at radius 3 is 2.31 bits per heavy atom. The lowest BCUT2D eigenvalue weighted by Gasteiger charge is -2.23. The number of hydrogen-bond acceptors (Lipinski definition) is 2. The minimum atomic E-state index is -0.331. The van der Waals surface area contributed by atoms with E-state index in [0.717, 1.165) is 19.3 Å². The van der Waals surface area contributed by atoms with Crippen LogP contribution in [0.5, 0.6) is 0 Å². The molecule has 2 heteroatoms. The van der Waals surface area contributed by atoms with Gasteiger partial charge < -0.3 is 4.74 Å². The van der Waals surface area contributed by atoms with Crippen molar-refractivity contribution < 1.29 is 9.53 Å². The van der Waals surface area contributed by atoms with Gasteiger partial charge in [-0.1, -0.05) is 20.3 Å². The third kappa shape index (κ3) is 4.30. The lowest BCUT2D eigenvalue weighted by Crippen LogP contribution is -2.28. The van der Waals surface area contributed by atoms with Gasteiger partial charge in [-0.2, -0.15) is 0 Å². The molecule has 78 valence electrons. The topological polar surface area (TPSA) is 26.3 Å². The average Bonchev–Trinajstić information content (AvgIpc) is 2.04. The van der Waals surface area contributed by atoms with E-state index in [2.05, 4.69) is 6.92 Å². The number of rotatable bonds is 5. The summed E-state index contributed by atoms with van der Waals surface area (Å²) in [5.74, 6) is -0.0732. The molecule has 1 unspecified atom stereocenters. The van der Waals surface area contributed by atoms with Crippen molar-refractivity contribution in [3.8, 4) is 0 Å². The summed E-state index contributed by atoms with van der Waals surface area (Å²) < 4.78 is 5.31. The quantitative estimate of drug-likeness (QED) is 0.616. The largest absolute Gasteiger partial charge is 0.462 e. The molecular weight excluding hydrogens is 164 g/mol. The molecule has 0 amide bonds. The van der Waals surface area contributed by atoms with Crippen molar-refractivity contribution >= 4 is 5.97 Å². The van der Waals surface area contributed by atoms with Gasteiger partial charge >= 0.3 is 5.97 Å². The van der Waals surface area contributed by atoms with E-state index in [4.69, 9.17) is 4.74 Å². The zero-order valence-electron chi connectivity index (χ0n) is 9.52. The van der Waals surface area contributed by atoms with Crippen LogP contribution in [0.15, 0.2) is 0 Å². The van der Waals surface area contributed by atoms with Crippen LogP contribution in [0.1, 0.15) is 53.9 Å². The highest BCUT2D eigenvalue weighted by Crippen LogP contribution is 2.22. The number of ether oxygens (including phenoxy) is 1. The SMILES string of the molecule is CCCC(C)OC(=O)C(C)(C)CC. The van der Waals surface area contributed by atoms with Crippen LogP contribution in [0.3, 0.4) is 0 Å². The monoisotopic (exact) mass is 186 g/mol. The normalized spacial score (nSPS) is 13.9. The number of hydrogen-bond donors (Lipinski definition) is 0. The first-order valence-corrected chi connectivity index (χ1v) is 5.15. The standard InChI is InChI=1S/C11H22O2/c1-6-8-9(3)13-10(12)11(4,5)7-2/h9H,6-8H2,1-5H3. The molecular formula is C11H22O2. The van der Waals surface area contributed by atoms with Crippen molar-refractivity contribution in [2.45, 2.75) is 60.0 Å². The maximum Gasteiger partial charge on any atom is 0.311 e. The highest BCUT2D eigenvalue weighted by Gasteiger charge is 2.28. The second-order valence-electron chi connectivity index (χ2n) is 4.24. The Labute approximate surface area is 81.7 Å². The van der Waals surface area contributed by atoms with Gasteiger partial charge in [0.15, 0.2) is 0 Å². The first kappa shape index (κ1) is 12.5. The highest BCUT2D eigenvalue weighted by atomic mass is 16.5. The third-order valence-electron chi connectivity index (χ3n) is 2.44. The molecule has 0 fully saturated rings. The van der Waals surface area contributed by atoms with E-state index in [-0.39, 0.29) is 17.5 Å². The molecule has 0 spiro atoms. The summed E-state index contributed by atoms with van der Waals surface area (Å²) in [6, 6.07) is 0. The molecule has 2 nitrogen and oxygen atoms in total. The molecule has 0 saturated carbocycles. The number of esters is 1. The molecule has 0 saturated heterocycles. The van der Waals surface area contributed by atoms with Crippen LogP contribution in [-0.2, 0) is 9.53 Å². The van der Waals surface area contributed by atoms with Crippen molar-refractivity contribution in [1.82, 2.24) is 0 Å². The minimum absolute atomic E-state index is 0.0586. The van der Waals surface area contributed by atoms with Crippen LogP contribution >= 0.6 is 0 Å². The second kappa shape index (κ2) is 5.25. The van der Waals surface area contributed by atoms with Crippen LogP contribution in [0.25, 0.3) is 0 Å². The fourth-order valence-corrected chi connectivity index (χ4v) is 0.952. The van der Waals surface area contributed by atoms with E-state index < -0.39 is 0 Å². The van der Waals surface area contributed by atoms with Gasteiger partial charge in [0.2, 0.25) is 0 Å². The van der Waals surface area contributed by atoms with Gasteiger partial charge in [0.05, 0.1) is 11.5 Å². The van der Waals surface area contributed by atoms with Crippen LogP contribution in [0.4, 0.5) is 0 Å². The summed E-state index contributed by atoms with van der Waals surface area (Å²) >= 11 is 0. The highest BCUT2D eigenvalue weighted by molar-refractivity contribution is 5.75. The molecule has 13 heavy (non-hydrogen) atoms.